The first-order valence-electron chi connectivity index (χ1n) is 11.2. The van der Waals surface area contributed by atoms with E-state index in [1.54, 1.807) is 32.2 Å². The van der Waals surface area contributed by atoms with E-state index in [9.17, 15) is 14.4 Å². The van der Waals surface area contributed by atoms with Gasteiger partial charge in [0.25, 0.3) is 11.8 Å². The molecule has 0 saturated carbocycles. The number of urea groups is 1. The van der Waals surface area contributed by atoms with Gasteiger partial charge >= 0.3 is 6.03 Å². The molecule has 1 fully saturated rings. The Morgan fingerprint density at radius 1 is 1.00 bits per heavy atom. The molecule has 1 aliphatic heterocycles. The van der Waals surface area contributed by atoms with Crippen LogP contribution in [-0.4, -0.2) is 25.0 Å². The number of carbonyl (C=O) groups excluding carboxylic acids is 3. The van der Waals surface area contributed by atoms with Crippen LogP contribution in [0.3, 0.4) is 0 Å². The molecule has 3 aromatic rings. The van der Waals surface area contributed by atoms with Gasteiger partial charge in [-0.05, 0) is 90.4 Å². The summed E-state index contributed by atoms with van der Waals surface area (Å²) in [6, 6.07) is 14.2. The van der Waals surface area contributed by atoms with E-state index in [1.807, 2.05) is 6.07 Å². The number of nitrogens with zero attached hydrogens (tertiary/aromatic N) is 1. The maximum Gasteiger partial charge on any atom is 0.335 e. The molecule has 4 amide bonds. The van der Waals surface area contributed by atoms with Gasteiger partial charge in [-0.1, -0.05) is 47.0 Å². The van der Waals surface area contributed by atoms with Crippen LogP contribution in [0.25, 0.3) is 6.08 Å². The Labute approximate surface area is 228 Å². The number of nitrogens with one attached hydrogen (secondary N) is 1. The Bertz CT molecular complexity index is 1430. The van der Waals surface area contributed by atoms with Crippen molar-refractivity contribution in [3.05, 3.63) is 96.1 Å². The summed E-state index contributed by atoms with van der Waals surface area (Å²) in [5.41, 5.74) is 6.00. The summed E-state index contributed by atoms with van der Waals surface area (Å²) >= 11 is 8.34. The second kappa shape index (κ2) is 10.4. The molecule has 1 heterocycles. The molecule has 0 unspecified atom stereocenters. The highest BCUT2D eigenvalue weighted by Gasteiger charge is 2.37. The molecule has 36 heavy (non-hydrogen) atoms. The second-order valence-corrected chi connectivity index (χ2v) is 10.3. The fourth-order valence-electron chi connectivity index (χ4n) is 4.31. The standard InChI is InChI=1S/C28H24ClIN2O4/c1-15-7-16(2)9-18(8-15)10-21-23(30)12-19(13-25(21)36-4)11-22-26(33)31-28(35)32(27(22)34)24-14-20(29)6-5-17(24)3/h5-9,11-14H,10H2,1-4H3,(H,31,33,35)/b22-11+. The molecule has 0 bridgehead atoms. The van der Waals surface area contributed by atoms with Gasteiger partial charge in [-0.2, -0.15) is 0 Å². The Morgan fingerprint density at radius 3 is 2.36 bits per heavy atom. The molecular formula is C28H24ClIN2O4. The number of methoxy groups -OCH3 is 1. The van der Waals surface area contributed by atoms with E-state index in [0.717, 1.165) is 14.0 Å². The van der Waals surface area contributed by atoms with Crippen LogP contribution in [-0.2, 0) is 16.0 Å². The fraction of sp³-hybridized carbons (Fsp3) is 0.179. The number of anilines is 1. The lowest BCUT2D eigenvalue weighted by Gasteiger charge is -2.27. The van der Waals surface area contributed by atoms with Crippen molar-refractivity contribution in [2.24, 2.45) is 0 Å². The largest absolute Gasteiger partial charge is 0.496 e. The lowest BCUT2D eigenvalue weighted by Crippen LogP contribution is -2.54. The first-order chi connectivity index (χ1) is 17.1. The van der Waals surface area contributed by atoms with Gasteiger partial charge in [0.1, 0.15) is 11.3 Å². The molecule has 3 aromatic carbocycles. The molecule has 6 nitrogen and oxygen atoms in total. The minimum absolute atomic E-state index is 0.158. The quantitative estimate of drug-likeness (QED) is 0.213. The predicted octanol–water partition coefficient (Wildman–Crippen LogP) is 6.14. The molecule has 0 radical (unpaired) electrons. The van der Waals surface area contributed by atoms with Crippen molar-refractivity contribution in [1.29, 1.82) is 0 Å². The number of hydrogen-bond donors (Lipinski definition) is 1. The average molecular weight is 615 g/mol. The monoisotopic (exact) mass is 614 g/mol. The molecule has 4 rings (SSSR count). The van der Waals surface area contributed by atoms with Gasteiger partial charge in [0, 0.05) is 20.6 Å². The summed E-state index contributed by atoms with van der Waals surface area (Å²) in [7, 11) is 1.59. The molecule has 0 aliphatic carbocycles. The van der Waals surface area contributed by atoms with E-state index in [2.05, 4.69) is 60.0 Å². The first kappa shape index (κ1) is 25.9. The van der Waals surface area contributed by atoms with Crippen molar-refractivity contribution in [2.45, 2.75) is 27.2 Å². The number of rotatable bonds is 5. The number of aryl methyl sites for hydroxylation is 3. The van der Waals surface area contributed by atoms with Crippen LogP contribution in [0.4, 0.5) is 10.5 Å². The summed E-state index contributed by atoms with van der Waals surface area (Å²) in [5.74, 6) is -0.827. The van der Waals surface area contributed by atoms with Gasteiger partial charge in [0.15, 0.2) is 0 Å². The van der Waals surface area contributed by atoms with Crippen LogP contribution in [0.15, 0.2) is 54.1 Å². The SMILES string of the molecule is COc1cc(/C=C2\C(=O)NC(=O)N(c3cc(Cl)ccc3C)C2=O)cc(I)c1Cc1cc(C)cc(C)c1. The van der Waals surface area contributed by atoms with Crippen molar-refractivity contribution in [2.75, 3.05) is 12.0 Å². The van der Waals surface area contributed by atoms with Crippen molar-refractivity contribution < 1.29 is 19.1 Å². The van der Waals surface area contributed by atoms with E-state index in [-0.39, 0.29) is 5.57 Å². The Kier molecular flexibility index (Phi) is 7.51. The lowest BCUT2D eigenvalue weighted by atomic mass is 9.98. The normalized spacial score (nSPS) is 14.9. The molecule has 0 spiro atoms. The summed E-state index contributed by atoms with van der Waals surface area (Å²) in [5, 5.41) is 2.63. The average Bonchev–Trinajstić information content (AvgIpc) is 2.79. The van der Waals surface area contributed by atoms with Crippen molar-refractivity contribution >= 4 is 63.8 Å². The van der Waals surface area contributed by atoms with Gasteiger partial charge < -0.3 is 4.74 Å². The zero-order valence-corrected chi connectivity index (χ0v) is 23.2. The Balaban J connectivity index is 1.73. The zero-order chi connectivity index (χ0) is 26.1. The lowest BCUT2D eigenvalue weighted by molar-refractivity contribution is -0.122. The third kappa shape index (κ3) is 5.32. The number of imide groups is 2. The van der Waals surface area contributed by atoms with Crippen molar-refractivity contribution in [3.63, 3.8) is 0 Å². The van der Waals surface area contributed by atoms with E-state index in [4.69, 9.17) is 16.3 Å². The molecule has 8 heteroatoms. The van der Waals surface area contributed by atoms with E-state index < -0.39 is 17.8 Å². The van der Waals surface area contributed by atoms with Crippen LogP contribution in [0.2, 0.25) is 5.02 Å². The number of barbiturate groups is 1. The third-order valence-electron chi connectivity index (χ3n) is 5.88. The van der Waals surface area contributed by atoms with E-state index in [1.165, 1.54) is 28.8 Å². The number of halogens is 2. The molecule has 0 atom stereocenters. The Morgan fingerprint density at radius 2 is 1.69 bits per heavy atom. The molecule has 1 saturated heterocycles. The van der Waals surface area contributed by atoms with Crippen molar-refractivity contribution in [1.82, 2.24) is 5.32 Å². The minimum Gasteiger partial charge on any atom is -0.496 e. The second-order valence-electron chi connectivity index (χ2n) is 8.74. The van der Waals surface area contributed by atoms with Crippen LogP contribution in [0.1, 0.15) is 33.4 Å². The van der Waals surface area contributed by atoms with Crippen LogP contribution in [0, 0.1) is 24.3 Å². The smallest absolute Gasteiger partial charge is 0.335 e. The molecule has 184 valence electrons. The highest BCUT2D eigenvalue weighted by Crippen LogP contribution is 2.32. The number of hydrogen-bond acceptors (Lipinski definition) is 4. The first-order valence-corrected chi connectivity index (χ1v) is 12.6. The summed E-state index contributed by atoms with van der Waals surface area (Å²) in [6.07, 6.45) is 2.15. The molecular weight excluding hydrogens is 591 g/mol. The van der Waals surface area contributed by atoms with E-state index >= 15 is 0 Å². The highest BCUT2D eigenvalue weighted by molar-refractivity contribution is 14.1. The number of benzene rings is 3. The van der Waals surface area contributed by atoms with Gasteiger partial charge in [0.2, 0.25) is 0 Å². The number of amides is 4. The van der Waals surface area contributed by atoms with Gasteiger partial charge in [-0.15, -0.1) is 0 Å². The summed E-state index contributed by atoms with van der Waals surface area (Å²) in [4.78, 5) is 39.5. The zero-order valence-electron chi connectivity index (χ0n) is 20.2. The van der Waals surface area contributed by atoms with Crippen molar-refractivity contribution in [3.8, 4) is 5.75 Å². The molecule has 1 aliphatic rings. The molecule has 1 N–H and O–H groups in total. The number of carbonyl (C=O) groups is 3. The van der Waals surface area contributed by atoms with Crippen LogP contribution >= 0.6 is 34.2 Å². The topological polar surface area (TPSA) is 75.7 Å². The Hall–Kier alpha value is -3.17. The highest BCUT2D eigenvalue weighted by atomic mass is 127. The molecule has 0 aromatic heterocycles. The van der Waals surface area contributed by atoms with Gasteiger partial charge in [-0.3, -0.25) is 14.9 Å². The summed E-state index contributed by atoms with van der Waals surface area (Å²) < 4.78 is 6.61. The van der Waals surface area contributed by atoms with Gasteiger partial charge in [0.05, 0.1) is 12.8 Å². The predicted molar refractivity (Wildman–Crippen MR) is 150 cm³/mol. The van der Waals surface area contributed by atoms with Crippen LogP contribution < -0.4 is 15.0 Å². The number of ether oxygens (including phenoxy) is 1. The van der Waals surface area contributed by atoms with E-state index in [0.29, 0.717) is 34.0 Å². The minimum atomic E-state index is -0.816. The maximum absolute atomic E-state index is 13.3. The summed E-state index contributed by atoms with van der Waals surface area (Å²) in [6.45, 7) is 5.89. The fourth-order valence-corrected chi connectivity index (χ4v) is 5.29. The van der Waals surface area contributed by atoms with Crippen LogP contribution in [0.5, 0.6) is 5.75 Å². The maximum atomic E-state index is 13.3. The van der Waals surface area contributed by atoms with Gasteiger partial charge in [-0.25, -0.2) is 9.69 Å². The third-order valence-corrected chi connectivity index (χ3v) is 7.08.